The molecule has 4 N–H and O–H groups in total. The monoisotopic (exact) mass is 508 g/mol. The van der Waals surface area contributed by atoms with Crippen LogP contribution in [0.4, 0.5) is 0 Å². The van der Waals surface area contributed by atoms with Crippen LogP contribution in [-0.4, -0.2) is 57.1 Å². The van der Waals surface area contributed by atoms with Gasteiger partial charge >= 0.3 is 0 Å². The van der Waals surface area contributed by atoms with E-state index in [0.717, 1.165) is 18.4 Å². The number of aliphatic hydroxyl groups excluding tert-OH is 1. The van der Waals surface area contributed by atoms with E-state index in [2.05, 4.69) is 19.2 Å². The zero-order chi connectivity index (χ0) is 24.9. The van der Waals surface area contributed by atoms with Crippen molar-refractivity contribution in [3.05, 3.63) is 59.7 Å². The van der Waals surface area contributed by atoms with Gasteiger partial charge in [0, 0.05) is 38.3 Å². The molecule has 2 rings (SSSR count). The van der Waals surface area contributed by atoms with Crippen molar-refractivity contribution < 1.29 is 24.1 Å². The molecule has 8 heteroatoms. The van der Waals surface area contributed by atoms with Crippen molar-refractivity contribution in [1.82, 2.24) is 5.32 Å². The van der Waals surface area contributed by atoms with Crippen LogP contribution < -0.4 is 20.5 Å². The minimum atomic E-state index is -0.829. The standard InChI is InChI=1S/C27H40N2O5.ClH/c1-19(2)22(15-20-11-12-25(33-4)26(16-20)34-14-8-13-32-3)17-23(28)24(30)18-29-27(31)21-9-6-5-7-10-21;/h5-7,9-12,16,19,22-24,30H,8,13-15,17-18,28H2,1-4H3,(H,29,31);1H/t22-,23-,24-;/m0./s1. The van der Waals surface area contributed by atoms with Crippen LogP contribution in [-0.2, 0) is 11.2 Å². The second-order valence-electron chi connectivity index (χ2n) is 8.93. The van der Waals surface area contributed by atoms with Crippen molar-refractivity contribution >= 4 is 18.3 Å². The fraction of sp³-hybridized carbons (Fsp3) is 0.519. The lowest BCUT2D eigenvalue weighted by atomic mass is 9.83. The third-order valence-corrected chi connectivity index (χ3v) is 6.00. The molecule has 0 saturated carbocycles. The van der Waals surface area contributed by atoms with Crippen LogP contribution in [0.1, 0.15) is 42.6 Å². The number of carbonyl (C=O) groups is 1. The summed E-state index contributed by atoms with van der Waals surface area (Å²) in [7, 11) is 3.30. The number of methoxy groups -OCH3 is 2. The maximum atomic E-state index is 12.2. The van der Waals surface area contributed by atoms with Crippen molar-refractivity contribution in [2.45, 2.75) is 45.3 Å². The molecule has 0 aliphatic carbocycles. The van der Waals surface area contributed by atoms with Crippen molar-refractivity contribution in [2.75, 3.05) is 34.0 Å². The summed E-state index contributed by atoms with van der Waals surface area (Å²) in [5.41, 5.74) is 8.03. The summed E-state index contributed by atoms with van der Waals surface area (Å²) in [5, 5.41) is 13.3. The topological polar surface area (TPSA) is 103 Å². The smallest absolute Gasteiger partial charge is 0.251 e. The maximum Gasteiger partial charge on any atom is 0.251 e. The van der Waals surface area contributed by atoms with Gasteiger partial charge in [0.05, 0.1) is 19.8 Å². The van der Waals surface area contributed by atoms with E-state index in [1.807, 2.05) is 24.3 Å². The summed E-state index contributed by atoms with van der Waals surface area (Å²) >= 11 is 0. The summed E-state index contributed by atoms with van der Waals surface area (Å²) < 4.78 is 16.4. The molecule has 0 spiro atoms. The van der Waals surface area contributed by atoms with Gasteiger partial charge in [0.15, 0.2) is 11.5 Å². The van der Waals surface area contributed by atoms with Gasteiger partial charge in [0.1, 0.15) is 0 Å². The van der Waals surface area contributed by atoms with E-state index >= 15 is 0 Å². The minimum absolute atomic E-state index is 0. The average molecular weight is 509 g/mol. The van der Waals surface area contributed by atoms with Crippen LogP contribution in [0.5, 0.6) is 11.5 Å². The number of hydrogen-bond acceptors (Lipinski definition) is 6. The molecule has 196 valence electrons. The lowest BCUT2D eigenvalue weighted by Gasteiger charge is -2.27. The number of halogens is 1. The van der Waals surface area contributed by atoms with E-state index in [1.54, 1.807) is 38.5 Å². The van der Waals surface area contributed by atoms with E-state index in [0.29, 0.717) is 42.6 Å². The molecule has 7 nitrogen and oxygen atoms in total. The van der Waals surface area contributed by atoms with Crippen LogP contribution in [0, 0.1) is 11.8 Å². The average Bonchev–Trinajstić information content (AvgIpc) is 2.85. The van der Waals surface area contributed by atoms with E-state index in [4.69, 9.17) is 19.9 Å². The predicted molar refractivity (Wildman–Crippen MR) is 142 cm³/mol. The largest absolute Gasteiger partial charge is 0.493 e. The molecule has 1 amide bonds. The second kappa shape index (κ2) is 16.4. The Morgan fingerprint density at radius 2 is 1.77 bits per heavy atom. The molecule has 0 unspecified atom stereocenters. The first-order valence-electron chi connectivity index (χ1n) is 11.9. The molecule has 0 bridgehead atoms. The third kappa shape index (κ3) is 10.4. The van der Waals surface area contributed by atoms with Gasteiger partial charge < -0.3 is 30.4 Å². The molecule has 0 fully saturated rings. The first-order valence-corrected chi connectivity index (χ1v) is 11.9. The molecule has 0 heterocycles. The summed E-state index contributed by atoms with van der Waals surface area (Å²) in [5.74, 6) is 1.81. The van der Waals surface area contributed by atoms with E-state index in [-0.39, 0.29) is 30.8 Å². The SMILES string of the molecule is COCCCOc1cc(C[C@@H](C[C@H](N)[C@@H](O)CNC(=O)c2ccccc2)C(C)C)ccc1OC.Cl. The number of ether oxygens (including phenoxy) is 3. The van der Waals surface area contributed by atoms with Crippen LogP contribution >= 0.6 is 12.4 Å². The Hall–Kier alpha value is -2.32. The highest BCUT2D eigenvalue weighted by molar-refractivity contribution is 5.94. The Morgan fingerprint density at radius 1 is 1.06 bits per heavy atom. The number of aliphatic hydroxyl groups is 1. The van der Waals surface area contributed by atoms with Gasteiger partial charge in [-0.2, -0.15) is 0 Å². The summed E-state index contributed by atoms with van der Waals surface area (Å²) in [4.78, 5) is 12.2. The number of nitrogens with one attached hydrogen (secondary N) is 1. The van der Waals surface area contributed by atoms with Crippen molar-refractivity contribution in [3.8, 4) is 11.5 Å². The zero-order valence-electron chi connectivity index (χ0n) is 21.2. The van der Waals surface area contributed by atoms with Crippen molar-refractivity contribution in [1.29, 1.82) is 0 Å². The lowest BCUT2D eigenvalue weighted by Crippen LogP contribution is -2.44. The molecular weight excluding hydrogens is 468 g/mol. The minimum Gasteiger partial charge on any atom is -0.493 e. The molecular formula is C27H41ClN2O5. The zero-order valence-corrected chi connectivity index (χ0v) is 22.1. The van der Waals surface area contributed by atoms with Crippen LogP contribution in [0.15, 0.2) is 48.5 Å². The van der Waals surface area contributed by atoms with Gasteiger partial charge in [-0.3, -0.25) is 4.79 Å². The van der Waals surface area contributed by atoms with E-state index in [9.17, 15) is 9.90 Å². The van der Waals surface area contributed by atoms with Gasteiger partial charge in [0.25, 0.3) is 5.91 Å². The normalized spacial score (nSPS) is 13.5. The molecule has 0 aliphatic heterocycles. The second-order valence-corrected chi connectivity index (χ2v) is 8.93. The molecule has 0 saturated heterocycles. The number of carbonyl (C=O) groups excluding carboxylic acids is 1. The fourth-order valence-electron chi connectivity index (χ4n) is 3.79. The number of hydrogen-bond donors (Lipinski definition) is 3. The van der Waals surface area contributed by atoms with Crippen molar-refractivity contribution in [3.63, 3.8) is 0 Å². The fourth-order valence-corrected chi connectivity index (χ4v) is 3.79. The van der Waals surface area contributed by atoms with E-state index < -0.39 is 12.1 Å². The quantitative estimate of drug-likeness (QED) is 0.316. The number of amides is 1. The number of benzene rings is 2. The molecule has 2 aromatic rings. The summed E-state index contributed by atoms with van der Waals surface area (Å²) in [6, 6.07) is 14.5. The van der Waals surface area contributed by atoms with E-state index in [1.165, 1.54) is 0 Å². The van der Waals surface area contributed by atoms with Gasteiger partial charge in [-0.25, -0.2) is 0 Å². The third-order valence-electron chi connectivity index (χ3n) is 6.00. The number of nitrogens with two attached hydrogens (primary N) is 1. The van der Waals surface area contributed by atoms with Crippen LogP contribution in [0.25, 0.3) is 0 Å². The lowest BCUT2D eigenvalue weighted by molar-refractivity contribution is 0.0878. The van der Waals surface area contributed by atoms with Crippen molar-refractivity contribution in [2.24, 2.45) is 17.6 Å². The summed E-state index contributed by atoms with van der Waals surface area (Å²) in [6.07, 6.45) is 1.40. The Labute approximate surface area is 215 Å². The van der Waals surface area contributed by atoms with Gasteiger partial charge in [-0.05, 0) is 54.5 Å². The van der Waals surface area contributed by atoms with Gasteiger partial charge in [-0.1, -0.05) is 38.1 Å². The highest BCUT2D eigenvalue weighted by Gasteiger charge is 2.23. The summed E-state index contributed by atoms with van der Waals surface area (Å²) in [6.45, 7) is 5.62. The first-order chi connectivity index (χ1) is 16.3. The van der Waals surface area contributed by atoms with Gasteiger partial charge in [0.2, 0.25) is 0 Å². The maximum absolute atomic E-state index is 12.2. The van der Waals surface area contributed by atoms with Gasteiger partial charge in [-0.15, -0.1) is 12.4 Å². The molecule has 35 heavy (non-hydrogen) atoms. The highest BCUT2D eigenvalue weighted by atomic mass is 35.5. The first kappa shape index (κ1) is 30.7. The Kier molecular flexibility index (Phi) is 14.4. The molecule has 0 aliphatic rings. The van der Waals surface area contributed by atoms with Crippen LogP contribution in [0.3, 0.4) is 0 Å². The highest BCUT2D eigenvalue weighted by Crippen LogP contribution is 2.31. The molecule has 3 atom stereocenters. The molecule has 0 aromatic heterocycles. The predicted octanol–water partition coefficient (Wildman–Crippen LogP) is 3.86. The Morgan fingerprint density at radius 3 is 2.40 bits per heavy atom. The van der Waals surface area contributed by atoms with Crippen LogP contribution in [0.2, 0.25) is 0 Å². The Bertz CT molecular complexity index is 866. The molecule has 2 aromatic carbocycles. The number of rotatable bonds is 15. The Balaban J connectivity index is 0.00000612. The molecule has 0 radical (unpaired) electrons.